The van der Waals surface area contributed by atoms with Crippen LogP contribution in [-0.2, 0) is 63.6 Å². The summed E-state index contributed by atoms with van der Waals surface area (Å²) in [6.07, 6.45) is -12.5. The van der Waals surface area contributed by atoms with Crippen LogP contribution in [0.25, 0.3) is 0 Å². The summed E-state index contributed by atoms with van der Waals surface area (Å²) >= 11 is 0. The van der Waals surface area contributed by atoms with E-state index in [1.165, 1.54) is 64.1 Å². The molecule has 2 bridgehead atoms. The van der Waals surface area contributed by atoms with Gasteiger partial charge in [0.25, 0.3) is 5.91 Å². The number of ketones is 2. The Kier molecular flexibility index (Phi) is 16.1. The third kappa shape index (κ3) is 10.6. The third-order valence-corrected chi connectivity index (χ3v) is 15.9. The molecule has 19 heteroatoms. The molecule has 4 aliphatic rings. The molecule has 3 fully saturated rings. The second kappa shape index (κ2) is 22.2. The number of aliphatic hydroxyl groups is 2. The Labute approximate surface area is 449 Å². The van der Waals surface area contributed by atoms with Crippen molar-refractivity contribution in [3.63, 3.8) is 0 Å². The summed E-state index contributed by atoms with van der Waals surface area (Å²) in [5.41, 5.74) is -7.65. The minimum atomic E-state index is -2.54. The van der Waals surface area contributed by atoms with Gasteiger partial charge >= 0.3 is 29.8 Å². The van der Waals surface area contributed by atoms with Crippen LogP contribution >= 0.6 is 0 Å². The predicted octanol–water partition coefficient (Wildman–Crippen LogP) is 4.24. The molecule has 0 unspecified atom stereocenters. The number of carbonyl (C=O) groups is 9. The SMILES string of the molecule is CC(=O)O[C@H]1C(=O)[C@]2(C)[C@@H](OC(=O)CCC(=O)Cc3ccc(C(=O)[O-])cc3)C[C@H]3OC[C@@]3(OC(C)=O)[C@H]2[C@H](OC(=O)c2ccccc2)[C@]2(O)C[C@H](OC(=O)[C@H](O)[C@@H](NC(=O)c3ccccc3)c3ccccc3)C(C)=C1C2(C)C. The molecule has 1 heterocycles. The number of nitrogens with one attached hydrogen (secondary N) is 1. The van der Waals surface area contributed by atoms with Crippen molar-refractivity contribution in [2.24, 2.45) is 16.7 Å². The molecule has 0 aromatic heterocycles. The number of fused-ring (bicyclic) bond motifs is 5. The summed E-state index contributed by atoms with van der Waals surface area (Å²) in [7, 11) is 0. The van der Waals surface area contributed by atoms with Gasteiger partial charge in [-0.3, -0.25) is 28.8 Å². The average molecular weight is 1070 g/mol. The number of benzene rings is 4. The molecule has 78 heavy (non-hydrogen) atoms. The Balaban J connectivity index is 1.24. The molecule has 8 rings (SSSR count). The molecule has 2 saturated carbocycles. The maximum Gasteiger partial charge on any atom is 0.338 e. The number of Topliss-reactive ketones (excluding diaryl/α,β-unsaturated/α-hetero) is 2. The van der Waals surface area contributed by atoms with Gasteiger partial charge in [0.15, 0.2) is 23.6 Å². The smallest absolute Gasteiger partial charge is 0.338 e. The number of carboxylic acid groups (broad SMARTS) is 1. The van der Waals surface area contributed by atoms with Gasteiger partial charge in [-0.15, -0.1) is 0 Å². The lowest BCUT2D eigenvalue weighted by molar-refractivity contribution is -0.346. The van der Waals surface area contributed by atoms with Gasteiger partial charge in [0.2, 0.25) is 0 Å². The van der Waals surface area contributed by atoms with Gasteiger partial charge in [-0.2, -0.15) is 0 Å². The zero-order chi connectivity index (χ0) is 56.5. The maximum absolute atomic E-state index is 16.3. The Morgan fingerprint density at radius 3 is 1.92 bits per heavy atom. The molecule has 19 nitrogen and oxygen atoms in total. The number of hydrogen-bond acceptors (Lipinski definition) is 18. The Bertz CT molecular complexity index is 3030. The first-order chi connectivity index (χ1) is 36.9. The molecule has 0 spiro atoms. The van der Waals surface area contributed by atoms with Crippen molar-refractivity contribution < 1.29 is 86.9 Å². The van der Waals surface area contributed by atoms with E-state index >= 15 is 4.79 Å². The number of aromatic carboxylic acids is 1. The number of ether oxygens (including phenoxy) is 6. The fraction of sp³-hybridized carbons (Fsp3) is 0.407. The van der Waals surface area contributed by atoms with E-state index in [1.54, 1.807) is 78.9 Å². The maximum atomic E-state index is 16.3. The molecule has 410 valence electrons. The van der Waals surface area contributed by atoms with E-state index in [9.17, 15) is 53.7 Å². The van der Waals surface area contributed by atoms with Crippen LogP contribution in [0.5, 0.6) is 0 Å². The number of amides is 1. The van der Waals surface area contributed by atoms with E-state index in [-0.39, 0.29) is 47.1 Å². The largest absolute Gasteiger partial charge is 0.545 e. The van der Waals surface area contributed by atoms with Crippen LogP contribution < -0.4 is 10.4 Å². The van der Waals surface area contributed by atoms with Crippen molar-refractivity contribution in [1.82, 2.24) is 5.32 Å². The first-order valence-electron chi connectivity index (χ1n) is 25.5. The highest BCUT2D eigenvalue weighted by Crippen LogP contribution is 2.65. The van der Waals surface area contributed by atoms with Gasteiger partial charge in [0, 0.05) is 50.5 Å². The zero-order valence-corrected chi connectivity index (χ0v) is 43.8. The zero-order valence-electron chi connectivity index (χ0n) is 43.8. The lowest BCUT2D eigenvalue weighted by atomic mass is 9.44. The molecule has 1 amide bonds. The van der Waals surface area contributed by atoms with Gasteiger partial charge in [-0.25, -0.2) is 9.59 Å². The molecule has 1 saturated heterocycles. The van der Waals surface area contributed by atoms with E-state index in [0.717, 1.165) is 13.8 Å². The quantitative estimate of drug-likeness (QED) is 0.0757. The summed E-state index contributed by atoms with van der Waals surface area (Å²) in [4.78, 5) is 125. The summed E-state index contributed by atoms with van der Waals surface area (Å²) in [6, 6.07) is 27.9. The molecule has 11 atom stereocenters. The molecular formula is C59H60NO18-. The fourth-order valence-corrected chi connectivity index (χ4v) is 11.9. The summed E-state index contributed by atoms with van der Waals surface area (Å²) in [5, 5.41) is 40.0. The van der Waals surface area contributed by atoms with Crippen molar-refractivity contribution in [2.75, 3.05) is 6.61 Å². The molecule has 3 N–H and O–H groups in total. The van der Waals surface area contributed by atoms with Crippen LogP contribution in [0.15, 0.2) is 126 Å². The molecule has 4 aromatic rings. The van der Waals surface area contributed by atoms with Crippen LogP contribution in [0.1, 0.15) is 115 Å². The van der Waals surface area contributed by atoms with Crippen molar-refractivity contribution in [2.45, 2.75) is 128 Å². The van der Waals surface area contributed by atoms with Crippen LogP contribution in [0.3, 0.4) is 0 Å². The minimum absolute atomic E-state index is 0.00798. The Hall–Kier alpha value is -7.87. The number of hydrogen-bond donors (Lipinski definition) is 3. The third-order valence-electron chi connectivity index (χ3n) is 15.9. The van der Waals surface area contributed by atoms with Crippen LogP contribution in [0, 0.1) is 16.7 Å². The van der Waals surface area contributed by atoms with Crippen molar-refractivity contribution in [3.05, 3.63) is 154 Å². The van der Waals surface area contributed by atoms with Gasteiger partial charge in [0.1, 0.15) is 35.8 Å². The second-order valence-corrected chi connectivity index (χ2v) is 21.0. The monoisotopic (exact) mass is 1070 g/mol. The number of esters is 5. The van der Waals surface area contributed by atoms with Crippen LogP contribution in [0.4, 0.5) is 0 Å². The molecule has 1 aliphatic heterocycles. The van der Waals surface area contributed by atoms with Gasteiger partial charge in [-0.05, 0) is 65.9 Å². The highest BCUT2D eigenvalue weighted by atomic mass is 16.6. The van der Waals surface area contributed by atoms with Crippen LogP contribution in [0.2, 0.25) is 0 Å². The summed E-state index contributed by atoms with van der Waals surface area (Å²) < 4.78 is 37.2. The lowest BCUT2D eigenvalue weighted by Crippen LogP contribution is -2.82. The van der Waals surface area contributed by atoms with E-state index in [2.05, 4.69) is 5.32 Å². The average Bonchev–Trinajstić information content (AvgIpc) is 3.30. The van der Waals surface area contributed by atoms with E-state index in [1.807, 2.05) is 0 Å². The van der Waals surface area contributed by atoms with Gasteiger partial charge in [0.05, 0.1) is 41.9 Å². The van der Waals surface area contributed by atoms with Gasteiger partial charge in [-0.1, -0.05) is 105 Å². The molecule has 4 aromatic carbocycles. The minimum Gasteiger partial charge on any atom is -0.545 e. The van der Waals surface area contributed by atoms with E-state index in [4.69, 9.17) is 28.4 Å². The number of aliphatic hydroxyl groups excluding tert-OH is 1. The first-order valence-corrected chi connectivity index (χ1v) is 25.5. The summed E-state index contributed by atoms with van der Waals surface area (Å²) in [6.45, 7) is 7.59. The van der Waals surface area contributed by atoms with Crippen LogP contribution in [-0.4, -0.2) is 118 Å². The molecule has 3 aliphatic carbocycles. The second-order valence-electron chi connectivity index (χ2n) is 21.0. The predicted molar refractivity (Wildman–Crippen MR) is 270 cm³/mol. The van der Waals surface area contributed by atoms with Gasteiger partial charge < -0.3 is 53.9 Å². The number of carbonyl (C=O) groups excluding carboxylic acids is 9. The first kappa shape index (κ1) is 56.3. The normalized spacial score (nSPS) is 27.5. The molecule has 0 radical (unpaired) electrons. The highest BCUT2D eigenvalue weighted by molar-refractivity contribution is 5.97. The van der Waals surface area contributed by atoms with E-state index < -0.39 is 143 Å². The highest BCUT2D eigenvalue weighted by Gasteiger charge is 2.79. The Morgan fingerprint density at radius 2 is 1.36 bits per heavy atom. The van der Waals surface area contributed by atoms with Crippen molar-refractivity contribution in [1.29, 1.82) is 0 Å². The van der Waals surface area contributed by atoms with E-state index in [0.29, 0.717) is 11.1 Å². The topological polar surface area (TPSA) is 285 Å². The fourth-order valence-electron chi connectivity index (χ4n) is 11.9. The summed E-state index contributed by atoms with van der Waals surface area (Å²) in [5.74, 6) is -10.3. The lowest BCUT2D eigenvalue weighted by Gasteiger charge is -2.67. The van der Waals surface area contributed by atoms with Crippen molar-refractivity contribution >= 4 is 53.3 Å². The Morgan fingerprint density at radius 1 is 0.756 bits per heavy atom. The van der Waals surface area contributed by atoms with Crippen molar-refractivity contribution in [3.8, 4) is 0 Å². The number of carboxylic acids is 1. The number of rotatable bonds is 17. The standard InChI is InChI=1S/C59H61NO18/c1-32-41(75-55(71)47(65)46(36-16-10-7-11-17-36)60-52(67)37-18-12-8-13-19-37)30-59(72)51(77-54(70)39-20-14-9-15-21-39)49-57(6,50(66)48(74-33(2)61)45(32)56(59,4)5)42(29-43-58(49,31-73-43)78-34(3)62)76-44(64)27-26-40(63)28-35-22-24-38(25-23-35)53(68)69/h7-25,41-43,46-49,51,65,72H,26-31H2,1-6H3,(H,60,67)(H,68,69)/p-1/t41-,42-,43+,46-,47+,48+,49-,51-,57+,58-,59+/m0/s1. The molecular weight excluding hydrogens is 1010 g/mol.